The largest absolute Gasteiger partial charge is 0.348 e. The second-order valence-electron chi connectivity index (χ2n) is 4.82. The molecule has 0 aliphatic rings. The summed E-state index contributed by atoms with van der Waals surface area (Å²) in [7, 11) is 1.83. The molecular weight excluding hydrogens is 272 g/mol. The summed E-state index contributed by atoms with van der Waals surface area (Å²) in [5.41, 5.74) is 2.79. The first-order chi connectivity index (χ1) is 9.90. The minimum Gasteiger partial charge on any atom is -0.348 e. The molecule has 1 N–H and O–H groups in total. The van der Waals surface area contributed by atoms with Crippen LogP contribution in [0.25, 0.3) is 0 Å². The van der Waals surface area contributed by atoms with E-state index >= 15 is 0 Å². The van der Waals surface area contributed by atoms with Crippen LogP contribution in [0.5, 0.6) is 0 Å². The Hall–Kier alpha value is -2.70. The summed E-state index contributed by atoms with van der Waals surface area (Å²) >= 11 is 0. The van der Waals surface area contributed by atoms with E-state index in [-0.39, 0.29) is 11.6 Å². The highest BCUT2D eigenvalue weighted by molar-refractivity contribution is 5.94. The van der Waals surface area contributed by atoms with Crippen molar-refractivity contribution in [3.63, 3.8) is 0 Å². The number of nitro groups is 1. The molecule has 0 saturated carbocycles. The molecule has 0 aliphatic heterocycles. The molecule has 0 radical (unpaired) electrons. The van der Waals surface area contributed by atoms with Crippen molar-refractivity contribution in [3.8, 4) is 0 Å². The van der Waals surface area contributed by atoms with Crippen LogP contribution >= 0.6 is 0 Å². The number of aromatic nitrogens is 2. The molecule has 21 heavy (non-hydrogen) atoms. The van der Waals surface area contributed by atoms with Crippen molar-refractivity contribution in [1.82, 2.24) is 15.1 Å². The normalized spacial score (nSPS) is 10.4. The first kappa shape index (κ1) is 14.7. The molecule has 1 heterocycles. The van der Waals surface area contributed by atoms with E-state index in [1.807, 2.05) is 14.0 Å². The first-order valence-electron chi connectivity index (χ1n) is 6.41. The van der Waals surface area contributed by atoms with Crippen molar-refractivity contribution in [3.05, 3.63) is 56.9 Å². The molecule has 0 saturated heterocycles. The van der Waals surface area contributed by atoms with Crippen LogP contribution in [-0.4, -0.2) is 20.6 Å². The van der Waals surface area contributed by atoms with Gasteiger partial charge in [-0.3, -0.25) is 19.6 Å². The van der Waals surface area contributed by atoms with Crippen LogP contribution in [0.1, 0.15) is 27.2 Å². The average Bonchev–Trinajstić information content (AvgIpc) is 2.75. The number of nitro benzene ring substituents is 1. The Morgan fingerprint density at radius 3 is 2.67 bits per heavy atom. The fourth-order valence-electron chi connectivity index (χ4n) is 2.00. The van der Waals surface area contributed by atoms with E-state index in [0.717, 1.165) is 11.3 Å². The van der Waals surface area contributed by atoms with Gasteiger partial charge in [0.25, 0.3) is 11.6 Å². The van der Waals surface area contributed by atoms with Gasteiger partial charge in [-0.2, -0.15) is 5.10 Å². The molecule has 0 fully saturated rings. The number of carbonyl (C=O) groups is 1. The van der Waals surface area contributed by atoms with Crippen molar-refractivity contribution < 1.29 is 9.72 Å². The number of aryl methyl sites for hydroxylation is 2. The Morgan fingerprint density at radius 2 is 2.14 bits per heavy atom. The summed E-state index contributed by atoms with van der Waals surface area (Å²) in [6.07, 6.45) is 1.71. The minimum absolute atomic E-state index is 0.00894. The molecule has 1 aromatic carbocycles. The van der Waals surface area contributed by atoms with Crippen LogP contribution in [0.15, 0.2) is 24.4 Å². The summed E-state index contributed by atoms with van der Waals surface area (Å²) in [6, 6.07) is 4.32. The van der Waals surface area contributed by atoms with Gasteiger partial charge in [-0.15, -0.1) is 0 Å². The molecule has 0 bridgehead atoms. The van der Waals surface area contributed by atoms with Gasteiger partial charge >= 0.3 is 0 Å². The summed E-state index contributed by atoms with van der Waals surface area (Å²) in [4.78, 5) is 22.3. The third kappa shape index (κ3) is 3.07. The SMILES string of the molecule is Cc1cc(C(=O)NCc2cnn(C)c2C)ccc1[N+](=O)[O-]. The highest BCUT2D eigenvalue weighted by atomic mass is 16.6. The van der Waals surface area contributed by atoms with Gasteiger partial charge in [-0.1, -0.05) is 0 Å². The summed E-state index contributed by atoms with van der Waals surface area (Å²) < 4.78 is 1.73. The number of rotatable bonds is 4. The maximum absolute atomic E-state index is 12.1. The van der Waals surface area contributed by atoms with Gasteiger partial charge in [0.05, 0.1) is 11.1 Å². The van der Waals surface area contributed by atoms with Crippen LogP contribution in [-0.2, 0) is 13.6 Å². The van der Waals surface area contributed by atoms with Gasteiger partial charge in [0.15, 0.2) is 0 Å². The molecule has 7 nitrogen and oxygen atoms in total. The Labute approximate surface area is 121 Å². The third-order valence-electron chi connectivity index (χ3n) is 3.43. The fraction of sp³-hybridized carbons (Fsp3) is 0.286. The van der Waals surface area contributed by atoms with E-state index in [9.17, 15) is 14.9 Å². The molecular formula is C14H16N4O3. The highest BCUT2D eigenvalue weighted by Crippen LogP contribution is 2.18. The van der Waals surface area contributed by atoms with E-state index in [2.05, 4.69) is 10.4 Å². The van der Waals surface area contributed by atoms with Gasteiger partial charge in [-0.05, 0) is 26.0 Å². The van der Waals surface area contributed by atoms with E-state index in [4.69, 9.17) is 0 Å². The highest BCUT2D eigenvalue weighted by Gasteiger charge is 2.14. The minimum atomic E-state index is -0.462. The number of nitrogens with one attached hydrogen (secondary N) is 1. The zero-order chi connectivity index (χ0) is 15.6. The van der Waals surface area contributed by atoms with Crippen molar-refractivity contribution in [2.45, 2.75) is 20.4 Å². The number of benzene rings is 1. The zero-order valence-corrected chi connectivity index (χ0v) is 12.1. The van der Waals surface area contributed by atoms with E-state index < -0.39 is 4.92 Å². The summed E-state index contributed by atoms with van der Waals surface area (Å²) in [6.45, 7) is 3.90. The van der Waals surface area contributed by atoms with Crippen LogP contribution in [0.3, 0.4) is 0 Å². The van der Waals surface area contributed by atoms with Gasteiger partial charge in [0, 0.05) is 42.0 Å². The summed E-state index contributed by atoms with van der Waals surface area (Å²) in [5.74, 6) is -0.267. The second-order valence-corrected chi connectivity index (χ2v) is 4.82. The second kappa shape index (κ2) is 5.74. The molecule has 7 heteroatoms. The van der Waals surface area contributed by atoms with Crippen molar-refractivity contribution in [2.75, 3.05) is 0 Å². The molecule has 0 spiro atoms. The molecule has 1 aromatic heterocycles. The van der Waals surface area contributed by atoms with E-state index in [1.165, 1.54) is 18.2 Å². The molecule has 0 atom stereocenters. The lowest BCUT2D eigenvalue weighted by Gasteiger charge is -2.06. The van der Waals surface area contributed by atoms with Crippen LogP contribution in [0.4, 0.5) is 5.69 Å². The van der Waals surface area contributed by atoms with Crippen molar-refractivity contribution in [1.29, 1.82) is 0 Å². The zero-order valence-electron chi connectivity index (χ0n) is 12.1. The topological polar surface area (TPSA) is 90.1 Å². The van der Waals surface area contributed by atoms with E-state index in [0.29, 0.717) is 17.7 Å². The molecule has 2 rings (SSSR count). The molecule has 1 amide bonds. The van der Waals surface area contributed by atoms with Crippen molar-refractivity contribution >= 4 is 11.6 Å². The lowest BCUT2D eigenvalue weighted by Crippen LogP contribution is -2.23. The lowest BCUT2D eigenvalue weighted by molar-refractivity contribution is -0.385. The Bertz CT molecular complexity index is 706. The number of carbonyl (C=O) groups excluding carboxylic acids is 1. The Morgan fingerprint density at radius 1 is 1.43 bits per heavy atom. The molecule has 2 aromatic rings. The Balaban J connectivity index is 2.09. The predicted octanol–water partition coefficient (Wildman–Crippen LogP) is 1.88. The fourth-order valence-corrected chi connectivity index (χ4v) is 2.00. The van der Waals surface area contributed by atoms with Gasteiger partial charge in [-0.25, -0.2) is 0 Å². The van der Waals surface area contributed by atoms with Gasteiger partial charge < -0.3 is 5.32 Å². The third-order valence-corrected chi connectivity index (χ3v) is 3.43. The first-order valence-corrected chi connectivity index (χ1v) is 6.41. The predicted molar refractivity (Wildman–Crippen MR) is 76.9 cm³/mol. The average molecular weight is 288 g/mol. The van der Waals surface area contributed by atoms with Crippen LogP contribution < -0.4 is 5.32 Å². The van der Waals surface area contributed by atoms with E-state index in [1.54, 1.807) is 17.8 Å². The lowest BCUT2D eigenvalue weighted by atomic mass is 10.1. The quantitative estimate of drug-likeness (QED) is 0.687. The number of nitrogens with zero attached hydrogens (tertiary/aromatic N) is 3. The molecule has 0 aliphatic carbocycles. The maximum Gasteiger partial charge on any atom is 0.272 e. The molecule has 0 unspecified atom stereocenters. The van der Waals surface area contributed by atoms with Gasteiger partial charge in [0.2, 0.25) is 0 Å². The number of amides is 1. The van der Waals surface area contributed by atoms with Crippen LogP contribution in [0, 0.1) is 24.0 Å². The van der Waals surface area contributed by atoms with Gasteiger partial charge in [0.1, 0.15) is 0 Å². The number of hydrogen-bond donors (Lipinski definition) is 1. The maximum atomic E-state index is 12.1. The molecule has 110 valence electrons. The van der Waals surface area contributed by atoms with Crippen LogP contribution in [0.2, 0.25) is 0 Å². The smallest absolute Gasteiger partial charge is 0.272 e. The Kier molecular flexibility index (Phi) is 4.02. The standard InChI is InChI=1S/C14H16N4O3/c1-9-6-11(4-5-13(9)18(20)21)14(19)15-7-12-8-16-17(3)10(12)2/h4-6,8H,7H2,1-3H3,(H,15,19). The number of hydrogen-bond acceptors (Lipinski definition) is 4. The summed E-state index contributed by atoms with van der Waals surface area (Å²) in [5, 5.41) is 17.6. The van der Waals surface area contributed by atoms with Crippen molar-refractivity contribution in [2.24, 2.45) is 7.05 Å². The monoisotopic (exact) mass is 288 g/mol.